The summed E-state index contributed by atoms with van der Waals surface area (Å²) in [6.45, 7) is 0.142. The van der Waals surface area contributed by atoms with E-state index in [0.29, 0.717) is 11.5 Å². The van der Waals surface area contributed by atoms with E-state index in [1.807, 2.05) is 18.2 Å². The van der Waals surface area contributed by atoms with Crippen LogP contribution in [-0.2, 0) is 11.3 Å². The Balaban J connectivity index is 1.64. The molecule has 0 aliphatic rings. The Morgan fingerprint density at radius 3 is 2.50 bits per heavy atom. The Labute approximate surface area is 195 Å². The topological polar surface area (TPSA) is 106 Å². The lowest BCUT2D eigenvalue weighted by atomic mass is 10.0. The lowest BCUT2D eigenvalue weighted by Gasteiger charge is -2.19. The maximum absolute atomic E-state index is 13.2. The van der Waals surface area contributed by atoms with Gasteiger partial charge in [-0.3, -0.25) is 14.4 Å². The highest BCUT2D eigenvalue weighted by Crippen LogP contribution is 2.19. The van der Waals surface area contributed by atoms with Crippen LogP contribution < -0.4 is 16.1 Å². The van der Waals surface area contributed by atoms with Crippen molar-refractivity contribution in [3.8, 4) is 12.3 Å². The summed E-state index contributed by atoms with van der Waals surface area (Å²) in [5, 5.41) is 5.84. The number of fused-ring (bicyclic) bond motifs is 1. The summed E-state index contributed by atoms with van der Waals surface area (Å²) in [6, 6.07) is 16.8. The predicted molar refractivity (Wildman–Crippen MR) is 129 cm³/mol. The average molecular weight is 451 g/mol. The van der Waals surface area contributed by atoms with Gasteiger partial charge in [0.05, 0.1) is 24.4 Å². The van der Waals surface area contributed by atoms with Gasteiger partial charge in [0.25, 0.3) is 5.91 Å². The minimum Gasteiger partial charge on any atom is -0.345 e. The zero-order chi connectivity index (χ0) is 23.9. The molecule has 3 heterocycles. The lowest BCUT2D eigenvalue weighted by Crippen LogP contribution is -2.35. The molecule has 0 radical (unpaired) electrons. The summed E-state index contributed by atoms with van der Waals surface area (Å²) < 4.78 is 1.58. The molecule has 2 amide bonds. The molecule has 168 valence electrons. The number of amides is 2. The van der Waals surface area contributed by atoms with E-state index in [2.05, 4.69) is 26.5 Å². The Hall–Kier alpha value is -4.77. The van der Waals surface area contributed by atoms with Crippen LogP contribution in [0.15, 0.2) is 84.0 Å². The monoisotopic (exact) mass is 451 g/mol. The van der Waals surface area contributed by atoms with Gasteiger partial charge in [-0.2, -0.15) is 0 Å². The van der Waals surface area contributed by atoms with E-state index < -0.39 is 17.4 Å². The molecule has 0 aliphatic heterocycles. The maximum Gasteiger partial charge on any atom is 0.257 e. The third-order valence-electron chi connectivity index (χ3n) is 5.17. The largest absolute Gasteiger partial charge is 0.345 e. The van der Waals surface area contributed by atoms with Gasteiger partial charge >= 0.3 is 0 Å². The molecule has 0 saturated heterocycles. The fraction of sp³-hybridized carbons (Fsp3) is 0.115. The molecule has 0 spiro atoms. The van der Waals surface area contributed by atoms with Gasteiger partial charge in [-0.05, 0) is 29.8 Å². The summed E-state index contributed by atoms with van der Waals surface area (Å²) in [6.07, 6.45) is 9.94. The van der Waals surface area contributed by atoms with Crippen molar-refractivity contribution in [1.82, 2.24) is 19.9 Å². The molecule has 1 unspecified atom stereocenters. The number of carbonyl (C=O) groups is 2. The normalized spacial score (nSPS) is 11.4. The molecule has 8 nitrogen and oxygen atoms in total. The second-order valence-corrected chi connectivity index (χ2v) is 7.48. The van der Waals surface area contributed by atoms with Crippen LogP contribution in [0.25, 0.3) is 11.0 Å². The van der Waals surface area contributed by atoms with E-state index in [1.54, 1.807) is 59.4 Å². The zero-order valence-electron chi connectivity index (χ0n) is 18.1. The van der Waals surface area contributed by atoms with E-state index in [1.165, 1.54) is 6.20 Å². The van der Waals surface area contributed by atoms with Crippen LogP contribution in [0, 0.1) is 12.3 Å². The number of hydrogen-bond donors (Lipinski definition) is 2. The number of hydrogen-bond acceptors (Lipinski definition) is 5. The van der Waals surface area contributed by atoms with Gasteiger partial charge in [-0.15, -0.1) is 6.42 Å². The van der Waals surface area contributed by atoms with Gasteiger partial charge in [0, 0.05) is 18.6 Å². The van der Waals surface area contributed by atoms with Crippen LogP contribution in [0.1, 0.15) is 28.4 Å². The summed E-state index contributed by atoms with van der Waals surface area (Å²) >= 11 is 0. The van der Waals surface area contributed by atoms with Crippen LogP contribution in [0.3, 0.4) is 0 Å². The average Bonchev–Trinajstić information content (AvgIpc) is 2.86. The van der Waals surface area contributed by atoms with Crippen molar-refractivity contribution in [2.75, 3.05) is 5.32 Å². The molecular weight excluding hydrogens is 430 g/mol. The Morgan fingerprint density at radius 1 is 1.00 bits per heavy atom. The molecule has 8 heteroatoms. The first-order valence-electron chi connectivity index (χ1n) is 10.5. The maximum atomic E-state index is 13.2. The number of anilines is 1. The minimum atomic E-state index is -0.678. The van der Waals surface area contributed by atoms with E-state index in [9.17, 15) is 14.4 Å². The summed E-state index contributed by atoms with van der Waals surface area (Å²) in [7, 11) is 0. The molecule has 3 aromatic heterocycles. The van der Waals surface area contributed by atoms with Gasteiger partial charge in [0.2, 0.25) is 11.3 Å². The highest BCUT2D eigenvalue weighted by Gasteiger charge is 2.22. The number of benzene rings is 1. The first-order valence-corrected chi connectivity index (χ1v) is 10.5. The van der Waals surface area contributed by atoms with Crippen molar-refractivity contribution in [1.29, 1.82) is 0 Å². The molecule has 4 rings (SSSR count). The molecule has 0 aliphatic carbocycles. The third-order valence-corrected chi connectivity index (χ3v) is 5.17. The van der Waals surface area contributed by atoms with Crippen molar-refractivity contribution in [3.05, 3.63) is 101 Å². The first-order chi connectivity index (χ1) is 16.6. The predicted octanol–water partition coefficient (Wildman–Crippen LogP) is 2.92. The molecule has 1 aromatic carbocycles. The third kappa shape index (κ3) is 5.00. The molecule has 0 bridgehead atoms. The summed E-state index contributed by atoms with van der Waals surface area (Å²) in [5.41, 5.74) is 0.579. The van der Waals surface area contributed by atoms with E-state index >= 15 is 0 Å². The number of pyridine rings is 3. The number of rotatable bonds is 7. The Bertz CT molecular complexity index is 1430. The van der Waals surface area contributed by atoms with Crippen LogP contribution in [0.2, 0.25) is 0 Å². The van der Waals surface area contributed by atoms with E-state index in [0.717, 1.165) is 5.56 Å². The summed E-state index contributed by atoms with van der Waals surface area (Å²) in [5.74, 6) is 1.97. The quantitative estimate of drug-likeness (QED) is 0.420. The van der Waals surface area contributed by atoms with Crippen LogP contribution in [0.5, 0.6) is 0 Å². The highest BCUT2D eigenvalue weighted by molar-refractivity contribution is 5.97. The number of nitrogens with zero attached hydrogens (tertiary/aromatic N) is 3. The number of carbonyl (C=O) groups excluding carboxylic acids is 2. The van der Waals surface area contributed by atoms with Crippen LogP contribution in [0.4, 0.5) is 5.82 Å². The van der Waals surface area contributed by atoms with Crippen LogP contribution in [-0.4, -0.2) is 26.3 Å². The number of terminal acetylenes is 1. The molecule has 0 fully saturated rings. The standard InChI is InChI=1S/C26H21N5O3/c1-2-15-31-17-20(24(33)19-11-8-14-28-25(19)31)26(34)29-21(18-9-4-3-5-10-18)16-23(32)30-22-12-6-7-13-27-22/h1,3-14,17,21H,15-16H2,(H,29,34)(H,27,30,32). The van der Waals surface area contributed by atoms with E-state index in [-0.39, 0.29) is 29.8 Å². The van der Waals surface area contributed by atoms with Gasteiger partial charge in [-0.1, -0.05) is 42.3 Å². The Kier molecular flexibility index (Phi) is 6.75. The lowest BCUT2D eigenvalue weighted by molar-refractivity contribution is -0.116. The van der Waals surface area contributed by atoms with Crippen molar-refractivity contribution in [2.45, 2.75) is 19.0 Å². The van der Waals surface area contributed by atoms with Crippen molar-refractivity contribution in [3.63, 3.8) is 0 Å². The van der Waals surface area contributed by atoms with Crippen molar-refractivity contribution in [2.24, 2.45) is 0 Å². The first kappa shape index (κ1) is 22.4. The number of aromatic nitrogens is 3. The second kappa shape index (κ2) is 10.2. The van der Waals surface area contributed by atoms with Gasteiger partial charge in [0.15, 0.2) is 0 Å². The molecule has 1 atom stereocenters. The van der Waals surface area contributed by atoms with Gasteiger partial charge in [0.1, 0.15) is 17.0 Å². The second-order valence-electron chi connectivity index (χ2n) is 7.48. The molecule has 4 aromatic rings. The fourth-order valence-electron chi connectivity index (χ4n) is 3.59. The molecule has 34 heavy (non-hydrogen) atoms. The SMILES string of the molecule is C#CCn1cc(C(=O)NC(CC(=O)Nc2ccccn2)c2ccccc2)c(=O)c2cccnc21. The fourth-order valence-corrected chi connectivity index (χ4v) is 3.59. The molecule has 2 N–H and O–H groups in total. The summed E-state index contributed by atoms with van der Waals surface area (Å²) in [4.78, 5) is 47.3. The zero-order valence-corrected chi connectivity index (χ0v) is 18.1. The van der Waals surface area contributed by atoms with Crippen molar-refractivity contribution < 1.29 is 9.59 Å². The highest BCUT2D eigenvalue weighted by atomic mass is 16.2. The van der Waals surface area contributed by atoms with E-state index in [4.69, 9.17) is 6.42 Å². The minimum absolute atomic E-state index is 0.0555. The van der Waals surface area contributed by atoms with Crippen molar-refractivity contribution >= 4 is 28.7 Å². The van der Waals surface area contributed by atoms with Gasteiger partial charge < -0.3 is 15.2 Å². The van der Waals surface area contributed by atoms with Crippen LogP contribution >= 0.6 is 0 Å². The van der Waals surface area contributed by atoms with Gasteiger partial charge in [-0.25, -0.2) is 9.97 Å². The number of nitrogens with one attached hydrogen (secondary N) is 2. The molecule has 0 saturated carbocycles. The Morgan fingerprint density at radius 2 is 1.76 bits per heavy atom. The smallest absolute Gasteiger partial charge is 0.257 e. The molecular formula is C26H21N5O3.